The van der Waals surface area contributed by atoms with E-state index in [9.17, 15) is 13.6 Å². The van der Waals surface area contributed by atoms with Crippen molar-refractivity contribution in [1.29, 1.82) is 0 Å². The smallest absolute Gasteiger partial charge is 0.178 e. The van der Waals surface area contributed by atoms with E-state index in [1.807, 2.05) is 0 Å². The maximum absolute atomic E-state index is 13.3. The summed E-state index contributed by atoms with van der Waals surface area (Å²) in [5.74, 6) is -0.500. The molecule has 4 heteroatoms. The topological polar surface area (TPSA) is 17.1 Å². The third-order valence-electron chi connectivity index (χ3n) is 2.31. The molecule has 0 aliphatic rings. The van der Waals surface area contributed by atoms with Gasteiger partial charge in [0.2, 0.25) is 0 Å². The van der Waals surface area contributed by atoms with Gasteiger partial charge in [0.05, 0.1) is 11.3 Å². The lowest BCUT2D eigenvalue weighted by atomic mass is 10.1. The Morgan fingerprint density at radius 2 is 1.88 bits per heavy atom. The van der Waals surface area contributed by atoms with Crippen molar-refractivity contribution in [3.8, 4) is 0 Å². The minimum Gasteiger partial charge on any atom is -0.293 e. The number of halogens is 2. The van der Waals surface area contributed by atoms with Crippen LogP contribution in [0.4, 0.5) is 8.78 Å². The molecule has 0 aromatic heterocycles. The van der Waals surface area contributed by atoms with Gasteiger partial charge in [-0.15, -0.1) is 0 Å². The Morgan fingerprint density at radius 1 is 1.29 bits per heavy atom. The van der Waals surface area contributed by atoms with Crippen LogP contribution in [-0.4, -0.2) is 17.3 Å². The molecule has 1 aromatic carbocycles. The number of Topliss-reactive ketones (excluding diaryl/α,β-unsaturated/α-hetero) is 1. The van der Waals surface area contributed by atoms with Crippen LogP contribution in [0.25, 0.3) is 0 Å². The lowest BCUT2D eigenvalue weighted by Gasteiger charge is -2.05. The molecule has 0 aliphatic carbocycles. The minimum atomic E-state index is -0.778. The van der Waals surface area contributed by atoms with Gasteiger partial charge in [0.15, 0.2) is 5.78 Å². The van der Waals surface area contributed by atoms with Gasteiger partial charge in [0.25, 0.3) is 0 Å². The highest BCUT2D eigenvalue weighted by atomic mass is 32.2. The summed E-state index contributed by atoms with van der Waals surface area (Å²) < 4.78 is 26.5. The van der Waals surface area contributed by atoms with Crippen molar-refractivity contribution in [2.75, 3.05) is 11.5 Å². The standard InChI is InChI=1S/C13H16F2OS/c1-9(2)6-7-17-8-12(16)13-10(14)4-3-5-11(13)15/h3-5,9H,6-8H2,1-2H3. The van der Waals surface area contributed by atoms with Gasteiger partial charge in [-0.05, 0) is 30.2 Å². The lowest BCUT2D eigenvalue weighted by molar-refractivity contribution is 0.101. The second-order valence-corrected chi connectivity index (χ2v) is 5.36. The van der Waals surface area contributed by atoms with Gasteiger partial charge in [-0.3, -0.25) is 4.79 Å². The number of rotatable bonds is 6. The van der Waals surface area contributed by atoms with Crippen LogP contribution in [0.5, 0.6) is 0 Å². The van der Waals surface area contributed by atoms with Gasteiger partial charge >= 0.3 is 0 Å². The predicted octanol–water partition coefficient (Wildman–Crippen LogP) is 3.93. The number of hydrogen-bond acceptors (Lipinski definition) is 2. The summed E-state index contributed by atoms with van der Waals surface area (Å²) in [5.41, 5.74) is -0.412. The average molecular weight is 258 g/mol. The van der Waals surface area contributed by atoms with Crippen LogP contribution >= 0.6 is 11.8 Å². The first-order valence-corrected chi connectivity index (χ1v) is 6.72. The normalized spacial score (nSPS) is 10.9. The third kappa shape index (κ3) is 4.46. The van der Waals surface area contributed by atoms with Crippen LogP contribution in [-0.2, 0) is 0 Å². The van der Waals surface area contributed by atoms with Gasteiger partial charge < -0.3 is 0 Å². The zero-order valence-corrected chi connectivity index (χ0v) is 10.8. The number of thioether (sulfide) groups is 1. The zero-order chi connectivity index (χ0) is 12.8. The van der Waals surface area contributed by atoms with Crippen LogP contribution in [0.1, 0.15) is 30.6 Å². The van der Waals surface area contributed by atoms with E-state index in [1.165, 1.54) is 17.8 Å². The molecule has 0 fully saturated rings. The molecule has 94 valence electrons. The van der Waals surface area contributed by atoms with E-state index in [0.29, 0.717) is 5.92 Å². The molecular weight excluding hydrogens is 242 g/mol. The molecule has 0 bridgehead atoms. The van der Waals surface area contributed by atoms with Crippen molar-refractivity contribution in [1.82, 2.24) is 0 Å². The second kappa shape index (κ2) is 6.74. The fourth-order valence-electron chi connectivity index (χ4n) is 1.32. The van der Waals surface area contributed by atoms with E-state index in [4.69, 9.17) is 0 Å². The van der Waals surface area contributed by atoms with E-state index in [-0.39, 0.29) is 5.75 Å². The Labute approximate surface area is 105 Å². The summed E-state index contributed by atoms with van der Waals surface area (Å²) in [4.78, 5) is 11.6. The third-order valence-corrected chi connectivity index (χ3v) is 3.30. The molecule has 17 heavy (non-hydrogen) atoms. The maximum Gasteiger partial charge on any atom is 0.178 e. The number of ketones is 1. The molecular formula is C13H16F2OS. The molecule has 0 N–H and O–H groups in total. The Morgan fingerprint density at radius 3 is 2.41 bits per heavy atom. The number of benzene rings is 1. The van der Waals surface area contributed by atoms with Gasteiger partial charge in [0, 0.05) is 0 Å². The van der Waals surface area contributed by atoms with Crippen LogP contribution in [0.15, 0.2) is 18.2 Å². The van der Waals surface area contributed by atoms with E-state index in [1.54, 1.807) is 0 Å². The second-order valence-electron chi connectivity index (χ2n) is 4.25. The molecule has 0 aliphatic heterocycles. The molecule has 0 spiro atoms. The van der Waals surface area contributed by atoms with Crippen LogP contribution in [0, 0.1) is 17.6 Å². The highest BCUT2D eigenvalue weighted by molar-refractivity contribution is 7.99. The summed E-state index contributed by atoms with van der Waals surface area (Å²) in [7, 11) is 0. The molecule has 0 saturated heterocycles. The summed E-state index contributed by atoms with van der Waals surface area (Å²) in [6.07, 6.45) is 0.998. The molecule has 0 atom stereocenters. The quantitative estimate of drug-likeness (QED) is 0.568. The van der Waals surface area contributed by atoms with E-state index in [0.717, 1.165) is 24.3 Å². The fraction of sp³-hybridized carbons (Fsp3) is 0.462. The van der Waals surface area contributed by atoms with Gasteiger partial charge in [-0.1, -0.05) is 19.9 Å². The number of carbonyl (C=O) groups excluding carboxylic acids is 1. The van der Waals surface area contributed by atoms with Crippen molar-refractivity contribution < 1.29 is 13.6 Å². The van der Waals surface area contributed by atoms with Gasteiger partial charge in [-0.2, -0.15) is 11.8 Å². The molecule has 0 amide bonds. The van der Waals surface area contributed by atoms with E-state index < -0.39 is 23.0 Å². The SMILES string of the molecule is CC(C)CCSCC(=O)c1c(F)cccc1F. The zero-order valence-electron chi connectivity index (χ0n) is 10.0. The van der Waals surface area contributed by atoms with Crippen molar-refractivity contribution in [2.24, 2.45) is 5.92 Å². The summed E-state index contributed by atoms with van der Waals surface area (Å²) in [5, 5.41) is 0. The molecule has 1 nitrogen and oxygen atoms in total. The minimum absolute atomic E-state index is 0.130. The van der Waals surface area contributed by atoms with Crippen LogP contribution in [0.2, 0.25) is 0 Å². The molecule has 1 rings (SSSR count). The Hall–Kier alpha value is -0.900. The fourth-order valence-corrected chi connectivity index (χ4v) is 2.43. The first-order valence-electron chi connectivity index (χ1n) is 5.57. The summed E-state index contributed by atoms with van der Waals surface area (Å²) in [6, 6.07) is 3.47. The van der Waals surface area contributed by atoms with E-state index >= 15 is 0 Å². The van der Waals surface area contributed by atoms with Gasteiger partial charge in [0.1, 0.15) is 11.6 Å². The average Bonchev–Trinajstić information content (AvgIpc) is 2.24. The molecule has 0 heterocycles. The molecule has 1 aromatic rings. The Bertz CT molecular complexity index is 371. The van der Waals surface area contributed by atoms with Crippen molar-refractivity contribution in [3.63, 3.8) is 0 Å². The summed E-state index contributed by atoms with van der Waals surface area (Å²) in [6.45, 7) is 4.19. The summed E-state index contributed by atoms with van der Waals surface area (Å²) >= 11 is 1.42. The van der Waals surface area contributed by atoms with Crippen LogP contribution < -0.4 is 0 Å². The first kappa shape index (κ1) is 14.2. The number of carbonyl (C=O) groups is 1. The van der Waals surface area contributed by atoms with Gasteiger partial charge in [-0.25, -0.2) is 8.78 Å². The first-order chi connectivity index (χ1) is 8.02. The predicted molar refractivity (Wildman–Crippen MR) is 67.5 cm³/mol. The maximum atomic E-state index is 13.3. The lowest BCUT2D eigenvalue weighted by Crippen LogP contribution is -2.09. The molecule has 0 radical (unpaired) electrons. The van der Waals surface area contributed by atoms with Crippen molar-refractivity contribution >= 4 is 17.5 Å². The highest BCUT2D eigenvalue weighted by Gasteiger charge is 2.16. The highest BCUT2D eigenvalue weighted by Crippen LogP contribution is 2.16. The van der Waals surface area contributed by atoms with Crippen molar-refractivity contribution in [2.45, 2.75) is 20.3 Å². The van der Waals surface area contributed by atoms with E-state index in [2.05, 4.69) is 13.8 Å². The molecule has 0 saturated carbocycles. The van der Waals surface area contributed by atoms with Crippen LogP contribution in [0.3, 0.4) is 0 Å². The molecule has 0 unspecified atom stereocenters. The number of hydrogen-bond donors (Lipinski definition) is 0. The Balaban J connectivity index is 2.53. The van der Waals surface area contributed by atoms with Crippen molar-refractivity contribution in [3.05, 3.63) is 35.4 Å². The largest absolute Gasteiger partial charge is 0.293 e. The Kier molecular flexibility index (Phi) is 5.62. The monoisotopic (exact) mass is 258 g/mol.